The van der Waals surface area contributed by atoms with Crippen LogP contribution in [0.3, 0.4) is 0 Å². The van der Waals surface area contributed by atoms with Gasteiger partial charge in [0.1, 0.15) is 0 Å². The molecule has 0 spiro atoms. The van der Waals surface area contributed by atoms with E-state index in [0.717, 1.165) is 57.3 Å². The molecule has 2 fully saturated rings. The minimum Gasteiger partial charge on any atom is -0.381 e. The lowest BCUT2D eigenvalue weighted by Crippen LogP contribution is -2.51. The van der Waals surface area contributed by atoms with Crippen LogP contribution in [0.2, 0.25) is 5.02 Å². The number of benzene rings is 1. The fourth-order valence-electron chi connectivity index (χ4n) is 3.34. The van der Waals surface area contributed by atoms with Gasteiger partial charge in [0.15, 0.2) is 0 Å². The lowest BCUT2D eigenvalue weighted by molar-refractivity contribution is -0.138. The number of ether oxygens (including phenoxy) is 1. The van der Waals surface area contributed by atoms with Crippen LogP contribution in [0.1, 0.15) is 18.4 Å². The lowest BCUT2D eigenvalue weighted by atomic mass is 9.98. The SMILES string of the molecule is Cc1cc(Cl)ccc1N1CCN(C(=O)C2CCOCC2)CC1. The highest BCUT2D eigenvalue weighted by atomic mass is 35.5. The molecule has 1 amide bonds. The van der Waals surface area contributed by atoms with E-state index in [9.17, 15) is 4.79 Å². The maximum Gasteiger partial charge on any atom is 0.225 e. The number of amides is 1. The quantitative estimate of drug-likeness (QED) is 0.839. The molecule has 2 aliphatic rings. The minimum absolute atomic E-state index is 0.164. The molecule has 2 heterocycles. The van der Waals surface area contributed by atoms with Crippen LogP contribution in [0.4, 0.5) is 5.69 Å². The maximum atomic E-state index is 12.5. The van der Waals surface area contributed by atoms with E-state index in [1.54, 1.807) is 0 Å². The zero-order valence-corrected chi connectivity index (χ0v) is 13.8. The first-order chi connectivity index (χ1) is 10.6. The Bertz CT molecular complexity index is 535. The van der Waals surface area contributed by atoms with Crippen molar-refractivity contribution in [2.75, 3.05) is 44.3 Å². The Labute approximate surface area is 137 Å². The summed E-state index contributed by atoms with van der Waals surface area (Å²) in [6, 6.07) is 6.01. The number of piperazine rings is 1. The molecule has 0 saturated carbocycles. The number of aryl methyl sites for hydroxylation is 1. The second-order valence-corrected chi connectivity index (χ2v) is 6.57. The second-order valence-electron chi connectivity index (χ2n) is 6.13. The van der Waals surface area contributed by atoms with Gasteiger partial charge in [-0.25, -0.2) is 0 Å². The van der Waals surface area contributed by atoms with Crippen molar-refractivity contribution >= 4 is 23.2 Å². The molecular formula is C17H23ClN2O2. The molecule has 22 heavy (non-hydrogen) atoms. The van der Waals surface area contributed by atoms with Crippen molar-refractivity contribution in [2.24, 2.45) is 5.92 Å². The Balaban J connectivity index is 1.59. The van der Waals surface area contributed by atoms with Gasteiger partial charge in [-0.1, -0.05) is 11.6 Å². The largest absolute Gasteiger partial charge is 0.381 e. The molecule has 2 saturated heterocycles. The molecule has 120 valence electrons. The van der Waals surface area contributed by atoms with Crippen LogP contribution in [0.25, 0.3) is 0 Å². The van der Waals surface area contributed by atoms with Gasteiger partial charge in [0.05, 0.1) is 0 Å². The van der Waals surface area contributed by atoms with Gasteiger partial charge in [-0.2, -0.15) is 0 Å². The van der Waals surface area contributed by atoms with Crippen molar-refractivity contribution in [2.45, 2.75) is 19.8 Å². The topological polar surface area (TPSA) is 32.8 Å². The lowest BCUT2D eigenvalue weighted by Gasteiger charge is -2.38. The Morgan fingerprint density at radius 2 is 1.86 bits per heavy atom. The Hall–Kier alpha value is -1.26. The molecular weight excluding hydrogens is 300 g/mol. The van der Waals surface area contributed by atoms with E-state index in [0.29, 0.717) is 5.91 Å². The van der Waals surface area contributed by atoms with Gasteiger partial charge in [-0.15, -0.1) is 0 Å². The van der Waals surface area contributed by atoms with Gasteiger partial charge in [0.2, 0.25) is 5.91 Å². The molecule has 0 bridgehead atoms. The highest BCUT2D eigenvalue weighted by Gasteiger charge is 2.29. The Morgan fingerprint density at radius 1 is 1.18 bits per heavy atom. The standard InChI is InChI=1S/C17H23ClN2O2/c1-13-12-15(18)2-3-16(13)19-6-8-20(9-7-19)17(21)14-4-10-22-11-5-14/h2-3,12,14H,4-11H2,1H3. The maximum absolute atomic E-state index is 12.5. The van der Waals surface area contributed by atoms with E-state index in [4.69, 9.17) is 16.3 Å². The van der Waals surface area contributed by atoms with Crippen molar-refractivity contribution < 1.29 is 9.53 Å². The zero-order valence-electron chi connectivity index (χ0n) is 13.1. The molecule has 2 aliphatic heterocycles. The van der Waals surface area contributed by atoms with Crippen LogP contribution in [-0.4, -0.2) is 50.2 Å². The summed E-state index contributed by atoms with van der Waals surface area (Å²) in [7, 11) is 0. The normalized spacial score (nSPS) is 20.3. The van der Waals surface area contributed by atoms with E-state index < -0.39 is 0 Å². The summed E-state index contributed by atoms with van der Waals surface area (Å²) in [6.45, 7) is 6.91. The van der Waals surface area contributed by atoms with Crippen LogP contribution in [0, 0.1) is 12.8 Å². The van der Waals surface area contributed by atoms with Crippen LogP contribution < -0.4 is 4.90 Å². The number of hydrogen-bond donors (Lipinski definition) is 0. The van der Waals surface area contributed by atoms with Crippen molar-refractivity contribution in [3.05, 3.63) is 28.8 Å². The van der Waals surface area contributed by atoms with Gasteiger partial charge in [-0.3, -0.25) is 4.79 Å². The highest BCUT2D eigenvalue weighted by molar-refractivity contribution is 6.30. The molecule has 4 nitrogen and oxygen atoms in total. The third-order valence-electron chi connectivity index (χ3n) is 4.66. The summed E-state index contributed by atoms with van der Waals surface area (Å²) in [5, 5.41) is 0.773. The smallest absolute Gasteiger partial charge is 0.225 e. The van der Waals surface area contributed by atoms with E-state index in [1.165, 1.54) is 11.3 Å². The average molecular weight is 323 g/mol. The number of anilines is 1. The van der Waals surface area contributed by atoms with Gasteiger partial charge in [0.25, 0.3) is 0 Å². The summed E-state index contributed by atoms with van der Waals surface area (Å²) in [5.41, 5.74) is 2.42. The molecule has 0 N–H and O–H groups in total. The van der Waals surface area contributed by atoms with Crippen molar-refractivity contribution in [3.63, 3.8) is 0 Å². The van der Waals surface area contributed by atoms with Gasteiger partial charge >= 0.3 is 0 Å². The molecule has 5 heteroatoms. The summed E-state index contributed by atoms with van der Waals surface area (Å²) in [5.74, 6) is 0.480. The van der Waals surface area contributed by atoms with Crippen molar-refractivity contribution in [1.82, 2.24) is 4.90 Å². The fourth-order valence-corrected chi connectivity index (χ4v) is 3.57. The molecule has 3 rings (SSSR count). The van der Waals surface area contributed by atoms with Crippen LogP contribution in [0.15, 0.2) is 18.2 Å². The third kappa shape index (κ3) is 3.39. The highest BCUT2D eigenvalue weighted by Crippen LogP contribution is 2.25. The second kappa shape index (κ2) is 6.88. The molecule has 0 radical (unpaired) electrons. The van der Waals surface area contributed by atoms with Gasteiger partial charge in [0, 0.05) is 56.0 Å². The molecule has 0 unspecified atom stereocenters. The van der Waals surface area contributed by atoms with Gasteiger partial charge in [-0.05, 0) is 43.5 Å². The molecule has 1 aromatic carbocycles. The first-order valence-corrected chi connectivity index (χ1v) is 8.40. The number of halogens is 1. The predicted molar refractivity (Wildman–Crippen MR) is 88.5 cm³/mol. The van der Waals surface area contributed by atoms with Crippen LogP contribution >= 0.6 is 11.6 Å². The van der Waals surface area contributed by atoms with Crippen molar-refractivity contribution in [1.29, 1.82) is 0 Å². The number of carbonyl (C=O) groups excluding carboxylic acids is 1. The van der Waals surface area contributed by atoms with E-state index >= 15 is 0 Å². The van der Waals surface area contributed by atoms with E-state index in [-0.39, 0.29) is 5.92 Å². The summed E-state index contributed by atoms with van der Waals surface area (Å²) in [6.07, 6.45) is 1.74. The Morgan fingerprint density at radius 3 is 2.50 bits per heavy atom. The summed E-state index contributed by atoms with van der Waals surface area (Å²) in [4.78, 5) is 16.9. The van der Waals surface area contributed by atoms with Crippen molar-refractivity contribution in [3.8, 4) is 0 Å². The monoisotopic (exact) mass is 322 g/mol. The number of rotatable bonds is 2. The predicted octanol–water partition coefficient (Wildman–Crippen LogP) is 2.72. The summed E-state index contributed by atoms with van der Waals surface area (Å²) >= 11 is 6.02. The first-order valence-electron chi connectivity index (χ1n) is 8.03. The molecule has 0 atom stereocenters. The van der Waals surface area contributed by atoms with Gasteiger partial charge < -0.3 is 14.5 Å². The number of carbonyl (C=O) groups is 1. The average Bonchev–Trinajstić information content (AvgIpc) is 2.55. The zero-order chi connectivity index (χ0) is 15.5. The Kier molecular flexibility index (Phi) is 4.89. The fraction of sp³-hybridized carbons (Fsp3) is 0.588. The van der Waals surface area contributed by atoms with Crippen LogP contribution in [0.5, 0.6) is 0 Å². The molecule has 1 aromatic rings. The molecule has 0 aliphatic carbocycles. The minimum atomic E-state index is 0.164. The first kappa shape index (κ1) is 15.6. The van der Waals surface area contributed by atoms with Crippen LogP contribution in [-0.2, 0) is 9.53 Å². The number of hydrogen-bond acceptors (Lipinski definition) is 3. The third-order valence-corrected chi connectivity index (χ3v) is 4.90. The van der Waals surface area contributed by atoms with E-state index in [1.807, 2.05) is 17.0 Å². The molecule has 0 aromatic heterocycles. The summed E-state index contributed by atoms with van der Waals surface area (Å²) < 4.78 is 5.35. The van der Waals surface area contributed by atoms with E-state index in [2.05, 4.69) is 17.9 Å². The number of nitrogens with zero attached hydrogens (tertiary/aromatic N) is 2.